The van der Waals surface area contributed by atoms with E-state index < -0.39 is 6.10 Å². The van der Waals surface area contributed by atoms with Crippen LogP contribution >= 0.6 is 22.9 Å². The zero-order valence-corrected chi connectivity index (χ0v) is 19.4. The second kappa shape index (κ2) is 7.88. The molecule has 1 heterocycles. The Bertz CT molecular complexity index is 1100. The van der Waals surface area contributed by atoms with E-state index in [2.05, 4.69) is 13.0 Å². The minimum Gasteiger partial charge on any atom is -0.496 e. The lowest BCUT2D eigenvalue weighted by Crippen LogP contribution is -2.11. The van der Waals surface area contributed by atoms with Crippen molar-refractivity contribution in [2.24, 2.45) is 0 Å². The largest absolute Gasteiger partial charge is 0.496 e. The summed E-state index contributed by atoms with van der Waals surface area (Å²) in [6.07, 6.45) is 1.49. The molecule has 3 aromatic rings. The number of thiazole rings is 1. The van der Waals surface area contributed by atoms with Crippen molar-refractivity contribution in [2.75, 3.05) is 14.2 Å². The highest BCUT2D eigenvalue weighted by Gasteiger charge is 2.50. The van der Waals surface area contributed by atoms with E-state index in [1.54, 1.807) is 32.5 Å². The Kier molecular flexibility index (Phi) is 5.56. The molecule has 0 saturated heterocycles. The molecule has 2 aromatic carbocycles. The van der Waals surface area contributed by atoms with Gasteiger partial charge in [0, 0.05) is 16.0 Å². The van der Waals surface area contributed by atoms with Crippen LogP contribution in [0.15, 0.2) is 30.3 Å². The van der Waals surface area contributed by atoms with Gasteiger partial charge in [0.1, 0.15) is 16.5 Å². The highest BCUT2D eigenvalue weighted by atomic mass is 35.5. The van der Waals surface area contributed by atoms with Gasteiger partial charge in [0.15, 0.2) is 0 Å². The maximum absolute atomic E-state index is 10.1. The number of ether oxygens (including phenoxy) is 2. The maximum Gasteiger partial charge on any atom is 0.123 e. The Morgan fingerprint density at radius 1 is 1.10 bits per heavy atom. The standard InChI is InChI=1S/C24H26ClNO3S/c1-13-10-17(19(25)12-21(13)29-5)22-15(3)30-23(26-22)24(8-9-24)18-11-16(14(2)27)6-7-20(18)28-4/h6-7,10-12,14,27H,8-9H2,1-5H3. The Hall–Kier alpha value is -2.08. The molecule has 30 heavy (non-hydrogen) atoms. The van der Waals surface area contributed by atoms with Crippen LogP contribution in [-0.2, 0) is 5.41 Å². The molecule has 1 fully saturated rings. The third kappa shape index (κ3) is 3.49. The van der Waals surface area contributed by atoms with Gasteiger partial charge >= 0.3 is 0 Å². The molecule has 6 heteroatoms. The van der Waals surface area contributed by atoms with Crippen LogP contribution in [0.2, 0.25) is 5.02 Å². The number of benzene rings is 2. The van der Waals surface area contributed by atoms with Crippen molar-refractivity contribution < 1.29 is 14.6 Å². The van der Waals surface area contributed by atoms with Crippen molar-refractivity contribution in [1.29, 1.82) is 0 Å². The third-order valence-corrected chi connectivity index (χ3v) is 7.40. The van der Waals surface area contributed by atoms with Crippen molar-refractivity contribution in [3.63, 3.8) is 0 Å². The molecule has 0 aliphatic heterocycles. The summed E-state index contributed by atoms with van der Waals surface area (Å²) in [5.41, 5.74) is 4.69. The third-order valence-electron chi connectivity index (χ3n) is 5.92. The van der Waals surface area contributed by atoms with E-state index in [0.717, 1.165) is 62.2 Å². The number of methoxy groups -OCH3 is 2. The lowest BCUT2D eigenvalue weighted by molar-refractivity contribution is 0.199. The first-order valence-corrected chi connectivity index (χ1v) is 11.2. The Morgan fingerprint density at radius 2 is 1.80 bits per heavy atom. The van der Waals surface area contributed by atoms with E-state index in [-0.39, 0.29) is 5.41 Å². The van der Waals surface area contributed by atoms with E-state index in [1.165, 1.54) is 0 Å². The number of hydrogen-bond donors (Lipinski definition) is 1. The number of halogens is 1. The molecule has 1 saturated carbocycles. The Labute approximate surface area is 186 Å². The molecule has 1 N–H and O–H groups in total. The van der Waals surface area contributed by atoms with Gasteiger partial charge < -0.3 is 14.6 Å². The predicted molar refractivity (Wildman–Crippen MR) is 122 cm³/mol. The van der Waals surface area contributed by atoms with Gasteiger partial charge in [-0.2, -0.15) is 0 Å². The van der Waals surface area contributed by atoms with Crippen LogP contribution in [0, 0.1) is 13.8 Å². The van der Waals surface area contributed by atoms with Crippen molar-refractivity contribution in [1.82, 2.24) is 4.98 Å². The van der Waals surface area contributed by atoms with E-state index in [4.69, 9.17) is 26.1 Å². The van der Waals surface area contributed by atoms with E-state index >= 15 is 0 Å². The minimum atomic E-state index is -0.528. The lowest BCUT2D eigenvalue weighted by Gasteiger charge is -2.19. The van der Waals surface area contributed by atoms with Gasteiger partial charge in [-0.1, -0.05) is 17.7 Å². The molecule has 4 rings (SSSR count). The Morgan fingerprint density at radius 3 is 2.40 bits per heavy atom. The SMILES string of the molecule is COc1cc(Cl)c(-c2nc(C3(c4cc(C(C)O)ccc4OC)CC3)sc2C)cc1C. The molecule has 1 aromatic heterocycles. The summed E-state index contributed by atoms with van der Waals surface area (Å²) in [6, 6.07) is 9.83. The van der Waals surface area contributed by atoms with Crippen LogP contribution < -0.4 is 9.47 Å². The van der Waals surface area contributed by atoms with Gasteiger partial charge in [0.2, 0.25) is 0 Å². The van der Waals surface area contributed by atoms with Crippen LogP contribution in [-0.4, -0.2) is 24.3 Å². The molecule has 0 radical (unpaired) electrons. The lowest BCUT2D eigenvalue weighted by atomic mass is 9.92. The number of nitrogens with zero attached hydrogens (tertiary/aromatic N) is 1. The predicted octanol–water partition coefficient (Wildman–Crippen LogP) is 6.23. The van der Waals surface area contributed by atoms with Gasteiger partial charge in [0.25, 0.3) is 0 Å². The minimum absolute atomic E-state index is 0.169. The van der Waals surface area contributed by atoms with Crippen LogP contribution in [0.1, 0.15) is 52.4 Å². The summed E-state index contributed by atoms with van der Waals surface area (Å²) in [7, 11) is 3.34. The fourth-order valence-corrected chi connectivity index (χ4v) is 5.43. The van der Waals surface area contributed by atoms with Gasteiger partial charge in [0.05, 0.1) is 36.5 Å². The first kappa shape index (κ1) is 21.2. The number of aliphatic hydroxyl groups is 1. The molecule has 1 atom stereocenters. The van der Waals surface area contributed by atoms with Gasteiger partial charge in [-0.15, -0.1) is 11.3 Å². The maximum atomic E-state index is 10.1. The highest BCUT2D eigenvalue weighted by Crippen LogP contribution is 2.58. The summed E-state index contributed by atoms with van der Waals surface area (Å²) in [5, 5.41) is 11.8. The molecule has 1 unspecified atom stereocenters. The van der Waals surface area contributed by atoms with Gasteiger partial charge in [-0.05, 0) is 69.0 Å². The average molecular weight is 444 g/mol. The molecule has 0 spiro atoms. The van der Waals surface area contributed by atoms with Crippen molar-refractivity contribution in [3.8, 4) is 22.8 Å². The molecule has 1 aliphatic rings. The van der Waals surface area contributed by atoms with Crippen LogP contribution in [0.5, 0.6) is 11.5 Å². The van der Waals surface area contributed by atoms with E-state index in [9.17, 15) is 5.11 Å². The number of aryl methyl sites for hydroxylation is 2. The smallest absolute Gasteiger partial charge is 0.123 e. The topological polar surface area (TPSA) is 51.6 Å². The number of aliphatic hydroxyl groups excluding tert-OH is 1. The summed E-state index contributed by atoms with van der Waals surface area (Å²) >= 11 is 8.30. The van der Waals surface area contributed by atoms with Crippen molar-refractivity contribution in [3.05, 3.63) is 61.9 Å². The van der Waals surface area contributed by atoms with Crippen LogP contribution in [0.4, 0.5) is 0 Å². The quantitative estimate of drug-likeness (QED) is 0.490. The van der Waals surface area contributed by atoms with Crippen molar-refractivity contribution in [2.45, 2.75) is 45.1 Å². The van der Waals surface area contributed by atoms with E-state index in [1.807, 2.05) is 31.2 Å². The number of rotatable bonds is 6. The summed E-state index contributed by atoms with van der Waals surface area (Å²) < 4.78 is 11.1. The summed E-state index contributed by atoms with van der Waals surface area (Å²) in [4.78, 5) is 6.21. The molecular weight excluding hydrogens is 418 g/mol. The zero-order chi connectivity index (χ0) is 21.6. The number of aromatic nitrogens is 1. The zero-order valence-electron chi connectivity index (χ0n) is 17.9. The molecule has 0 amide bonds. The fourth-order valence-electron chi connectivity index (χ4n) is 4.00. The monoisotopic (exact) mass is 443 g/mol. The fraction of sp³-hybridized carbons (Fsp3) is 0.375. The van der Waals surface area contributed by atoms with Crippen molar-refractivity contribution >= 4 is 22.9 Å². The molecule has 4 nitrogen and oxygen atoms in total. The highest BCUT2D eigenvalue weighted by molar-refractivity contribution is 7.12. The second-order valence-electron chi connectivity index (χ2n) is 7.94. The van der Waals surface area contributed by atoms with Crippen LogP contribution in [0.25, 0.3) is 11.3 Å². The molecule has 1 aliphatic carbocycles. The first-order chi connectivity index (χ1) is 14.3. The van der Waals surface area contributed by atoms with Gasteiger partial charge in [-0.25, -0.2) is 4.98 Å². The van der Waals surface area contributed by atoms with E-state index in [0.29, 0.717) is 5.02 Å². The number of hydrogen-bond acceptors (Lipinski definition) is 5. The summed E-state index contributed by atoms with van der Waals surface area (Å²) in [5.74, 6) is 1.61. The normalized spacial score (nSPS) is 15.7. The average Bonchev–Trinajstić information content (AvgIpc) is 3.45. The van der Waals surface area contributed by atoms with Crippen LogP contribution in [0.3, 0.4) is 0 Å². The summed E-state index contributed by atoms with van der Waals surface area (Å²) in [6.45, 7) is 5.88. The molecule has 158 valence electrons. The second-order valence-corrected chi connectivity index (χ2v) is 9.55. The first-order valence-electron chi connectivity index (χ1n) is 9.99. The molecule has 0 bridgehead atoms. The van der Waals surface area contributed by atoms with Gasteiger partial charge in [-0.3, -0.25) is 0 Å². The Balaban J connectivity index is 1.81. The molecular formula is C24H26ClNO3S.